The van der Waals surface area contributed by atoms with Crippen LogP contribution in [0.25, 0.3) is 0 Å². The van der Waals surface area contributed by atoms with Crippen molar-refractivity contribution in [2.75, 3.05) is 0 Å². The van der Waals surface area contributed by atoms with Crippen LogP contribution in [0.1, 0.15) is 23.2 Å². The lowest BCUT2D eigenvalue weighted by molar-refractivity contribution is -0.140. The topological polar surface area (TPSA) is 66.4 Å². The molecule has 1 amide bonds. The second kappa shape index (κ2) is 4.31. The van der Waals surface area contributed by atoms with Gasteiger partial charge in [-0.05, 0) is 31.0 Å². The summed E-state index contributed by atoms with van der Waals surface area (Å²) in [5, 5.41) is 11.8. The van der Waals surface area contributed by atoms with Crippen LogP contribution >= 0.6 is 27.5 Å². The van der Waals surface area contributed by atoms with Gasteiger partial charge in [-0.15, -0.1) is 0 Å². The van der Waals surface area contributed by atoms with Gasteiger partial charge in [0.15, 0.2) is 0 Å². The zero-order valence-corrected chi connectivity index (χ0v) is 11.0. The Bertz CT molecular complexity index is 499. The molecular formula is C11H9BrClNO3. The number of hydrogen-bond acceptors (Lipinski definition) is 2. The van der Waals surface area contributed by atoms with E-state index < -0.39 is 17.4 Å². The number of aliphatic carboxylic acids is 1. The molecule has 1 saturated carbocycles. The van der Waals surface area contributed by atoms with Gasteiger partial charge in [-0.1, -0.05) is 27.5 Å². The molecular weight excluding hydrogens is 309 g/mol. The average molecular weight is 319 g/mol. The smallest absolute Gasteiger partial charge is 0.329 e. The zero-order chi connectivity index (χ0) is 12.6. The molecule has 17 heavy (non-hydrogen) atoms. The van der Waals surface area contributed by atoms with Crippen LogP contribution in [0.3, 0.4) is 0 Å². The predicted molar refractivity (Wildman–Crippen MR) is 66.2 cm³/mol. The highest BCUT2D eigenvalue weighted by molar-refractivity contribution is 9.10. The number of benzene rings is 1. The number of carbonyl (C=O) groups is 2. The Hall–Kier alpha value is -1.07. The Balaban J connectivity index is 2.21. The summed E-state index contributed by atoms with van der Waals surface area (Å²) < 4.78 is 0.715. The first-order valence-electron chi connectivity index (χ1n) is 4.95. The first-order valence-corrected chi connectivity index (χ1v) is 6.13. The van der Waals surface area contributed by atoms with E-state index in [4.69, 9.17) is 16.7 Å². The van der Waals surface area contributed by atoms with E-state index in [1.807, 2.05) is 0 Å². The summed E-state index contributed by atoms with van der Waals surface area (Å²) in [6, 6.07) is 4.86. The fourth-order valence-electron chi connectivity index (χ4n) is 1.47. The second-order valence-electron chi connectivity index (χ2n) is 3.97. The van der Waals surface area contributed by atoms with Crippen LogP contribution in [0, 0.1) is 0 Å². The standard InChI is InChI=1S/C11H9BrClNO3/c12-6-1-2-8(13)7(5-6)9(15)14-11(3-4-11)10(16)17/h1-2,5H,3-4H2,(H,14,15)(H,16,17). The highest BCUT2D eigenvalue weighted by Gasteiger charge is 2.51. The summed E-state index contributed by atoms with van der Waals surface area (Å²) in [4.78, 5) is 22.8. The summed E-state index contributed by atoms with van der Waals surface area (Å²) in [6.07, 6.45) is 0.916. The Kier molecular flexibility index (Phi) is 3.14. The highest BCUT2D eigenvalue weighted by atomic mass is 79.9. The molecule has 2 N–H and O–H groups in total. The van der Waals surface area contributed by atoms with Crippen LogP contribution in [0.2, 0.25) is 5.02 Å². The molecule has 0 aliphatic heterocycles. The van der Waals surface area contributed by atoms with Crippen LogP contribution < -0.4 is 5.32 Å². The van der Waals surface area contributed by atoms with Gasteiger partial charge in [0.1, 0.15) is 5.54 Å². The number of carboxylic acid groups (broad SMARTS) is 1. The third-order valence-corrected chi connectivity index (χ3v) is 3.51. The normalized spacial score (nSPS) is 16.4. The monoisotopic (exact) mass is 317 g/mol. The minimum Gasteiger partial charge on any atom is -0.480 e. The molecule has 0 atom stereocenters. The van der Waals surface area contributed by atoms with Gasteiger partial charge in [0.05, 0.1) is 10.6 Å². The molecule has 0 spiro atoms. The minimum absolute atomic E-state index is 0.272. The molecule has 1 aliphatic rings. The third kappa shape index (κ3) is 2.45. The number of rotatable bonds is 3. The van der Waals surface area contributed by atoms with E-state index >= 15 is 0 Å². The van der Waals surface area contributed by atoms with E-state index in [0.29, 0.717) is 22.3 Å². The van der Waals surface area contributed by atoms with Crippen molar-refractivity contribution in [1.82, 2.24) is 5.32 Å². The van der Waals surface area contributed by atoms with Gasteiger partial charge in [-0.3, -0.25) is 4.79 Å². The van der Waals surface area contributed by atoms with Gasteiger partial charge < -0.3 is 10.4 Å². The second-order valence-corrected chi connectivity index (χ2v) is 5.29. The predicted octanol–water partition coefficient (Wildman–Crippen LogP) is 2.45. The maximum Gasteiger partial charge on any atom is 0.329 e. The van der Waals surface area contributed by atoms with Crippen molar-refractivity contribution in [2.24, 2.45) is 0 Å². The first kappa shape index (κ1) is 12.4. The van der Waals surface area contributed by atoms with Gasteiger partial charge in [0, 0.05) is 4.47 Å². The quantitative estimate of drug-likeness (QED) is 0.899. The number of nitrogens with one attached hydrogen (secondary N) is 1. The van der Waals surface area contributed by atoms with Crippen molar-refractivity contribution in [3.05, 3.63) is 33.3 Å². The van der Waals surface area contributed by atoms with Crippen molar-refractivity contribution in [3.63, 3.8) is 0 Å². The Morgan fingerprint density at radius 3 is 2.59 bits per heavy atom. The van der Waals surface area contributed by atoms with Crippen LogP contribution in [-0.4, -0.2) is 22.5 Å². The van der Waals surface area contributed by atoms with Crippen molar-refractivity contribution < 1.29 is 14.7 Å². The van der Waals surface area contributed by atoms with Gasteiger partial charge in [0.2, 0.25) is 0 Å². The van der Waals surface area contributed by atoms with E-state index in [2.05, 4.69) is 21.2 Å². The Labute approximate surface area is 111 Å². The summed E-state index contributed by atoms with van der Waals surface area (Å²) in [5.41, 5.74) is -0.823. The molecule has 2 rings (SSSR count). The van der Waals surface area contributed by atoms with E-state index in [9.17, 15) is 9.59 Å². The molecule has 1 aromatic rings. The van der Waals surface area contributed by atoms with Gasteiger partial charge in [-0.2, -0.15) is 0 Å². The van der Waals surface area contributed by atoms with Crippen LogP contribution in [0.15, 0.2) is 22.7 Å². The molecule has 0 aromatic heterocycles. The number of amides is 1. The molecule has 0 radical (unpaired) electrons. The molecule has 4 nitrogen and oxygen atoms in total. The third-order valence-electron chi connectivity index (χ3n) is 2.69. The highest BCUT2D eigenvalue weighted by Crippen LogP contribution is 2.36. The average Bonchev–Trinajstić information content (AvgIpc) is 3.02. The molecule has 6 heteroatoms. The van der Waals surface area contributed by atoms with Crippen molar-refractivity contribution in [2.45, 2.75) is 18.4 Å². The number of hydrogen-bond donors (Lipinski definition) is 2. The Morgan fingerprint density at radius 2 is 2.06 bits per heavy atom. The summed E-state index contributed by atoms with van der Waals surface area (Å²) in [6.45, 7) is 0. The minimum atomic E-state index is -1.09. The summed E-state index contributed by atoms with van der Waals surface area (Å²) in [5.74, 6) is -1.46. The molecule has 0 unspecified atom stereocenters. The zero-order valence-electron chi connectivity index (χ0n) is 8.67. The van der Waals surface area contributed by atoms with E-state index in [1.54, 1.807) is 18.2 Å². The largest absolute Gasteiger partial charge is 0.480 e. The van der Waals surface area contributed by atoms with Gasteiger partial charge in [0.25, 0.3) is 5.91 Å². The lowest BCUT2D eigenvalue weighted by atomic mass is 10.2. The van der Waals surface area contributed by atoms with E-state index in [-0.39, 0.29) is 5.56 Å². The van der Waals surface area contributed by atoms with Crippen molar-refractivity contribution in [1.29, 1.82) is 0 Å². The molecule has 1 aromatic carbocycles. The number of halogens is 2. The lowest BCUT2D eigenvalue weighted by Gasteiger charge is -2.13. The SMILES string of the molecule is O=C(NC1(C(=O)O)CC1)c1cc(Br)ccc1Cl. The molecule has 1 aliphatic carbocycles. The fraction of sp³-hybridized carbons (Fsp3) is 0.273. The molecule has 0 bridgehead atoms. The maximum atomic E-state index is 11.9. The first-order chi connectivity index (χ1) is 7.94. The maximum absolute atomic E-state index is 11.9. The Morgan fingerprint density at radius 1 is 1.41 bits per heavy atom. The van der Waals surface area contributed by atoms with Crippen molar-refractivity contribution in [3.8, 4) is 0 Å². The van der Waals surface area contributed by atoms with E-state index in [0.717, 1.165) is 0 Å². The van der Waals surface area contributed by atoms with Gasteiger partial charge >= 0.3 is 5.97 Å². The van der Waals surface area contributed by atoms with Crippen molar-refractivity contribution >= 4 is 39.4 Å². The lowest BCUT2D eigenvalue weighted by Crippen LogP contribution is -2.43. The molecule has 90 valence electrons. The number of carboxylic acids is 1. The van der Waals surface area contributed by atoms with Crippen LogP contribution in [0.5, 0.6) is 0 Å². The molecule has 0 saturated heterocycles. The molecule has 0 heterocycles. The summed E-state index contributed by atoms with van der Waals surface area (Å²) >= 11 is 9.12. The van der Waals surface area contributed by atoms with Crippen LogP contribution in [-0.2, 0) is 4.79 Å². The fourth-order valence-corrected chi connectivity index (χ4v) is 2.04. The molecule has 1 fully saturated rings. The van der Waals surface area contributed by atoms with Crippen LogP contribution in [0.4, 0.5) is 0 Å². The number of carbonyl (C=O) groups excluding carboxylic acids is 1. The van der Waals surface area contributed by atoms with E-state index in [1.165, 1.54) is 0 Å². The van der Waals surface area contributed by atoms with Gasteiger partial charge in [-0.25, -0.2) is 4.79 Å². The summed E-state index contributed by atoms with van der Waals surface area (Å²) in [7, 11) is 0.